The fourth-order valence-corrected chi connectivity index (χ4v) is 1.53. The summed E-state index contributed by atoms with van der Waals surface area (Å²) in [5.41, 5.74) is 1.09. The summed E-state index contributed by atoms with van der Waals surface area (Å²) in [6, 6.07) is 6.09. The topological polar surface area (TPSA) is 30.5 Å². The van der Waals surface area contributed by atoms with E-state index in [2.05, 4.69) is 18.2 Å². The zero-order chi connectivity index (χ0) is 12.7. The second kappa shape index (κ2) is 6.82. The number of nitrogens with one attached hydrogen (secondary N) is 1. The van der Waals surface area contributed by atoms with Gasteiger partial charge in [0.25, 0.3) is 0 Å². The van der Waals surface area contributed by atoms with Crippen LogP contribution in [0.5, 0.6) is 11.5 Å². The van der Waals surface area contributed by atoms with E-state index in [0.29, 0.717) is 6.04 Å². The molecule has 1 unspecified atom stereocenters. The molecule has 0 fully saturated rings. The Morgan fingerprint density at radius 3 is 2.71 bits per heavy atom. The van der Waals surface area contributed by atoms with E-state index in [0.717, 1.165) is 30.0 Å². The molecule has 0 saturated heterocycles. The van der Waals surface area contributed by atoms with Gasteiger partial charge in [-0.25, -0.2) is 0 Å². The van der Waals surface area contributed by atoms with Crippen molar-refractivity contribution in [3.63, 3.8) is 0 Å². The van der Waals surface area contributed by atoms with Gasteiger partial charge in [0.05, 0.1) is 14.2 Å². The van der Waals surface area contributed by atoms with Gasteiger partial charge in [0, 0.05) is 30.6 Å². The van der Waals surface area contributed by atoms with E-state index < -0.39 is 0 Å². The highest BCUT2D eigenvalue weighted by molar-refractivity contribution is 5.40. The van der Waals surface area contributed by atoms with Crippen LogP contribution in [0.1, 0.15) is 18.9 Å². The third kappa shape index (κ3) is 4.01. The first-order valence-electron chi connectivity index (χ1n) is 5.59. The van der Waals surface area contributed by atoms with Crippen LogP contribution in [0, 0.1) is 12.3 Å². The first-order valence-corrected chi connectivity index (χ1v) is 5.59. The molecule has 0 spiro atoms. The molecule has 0 radical (unpaired) electrons. The molecule has 1 N–H and O–H groups in total. The van der Waals surface area contributed by atoms with E-state index in [4.69, 9.17) is 15.9 Å². The summed E-state index contributed by atoms with van der Waals surface area (Å²) in [7, 11) is 3.30. The van der Waals surface area contributed by atoms with Crippen LogP contribution in [-0.4, -0.2) is 20.3 Å². The lowest BCUT2D eigenvalue weighted by molar-refractivity contribution is 0.389. The smallest absolute Gasteiger partial charge is 0.127 e. The monoisotopic (exact) mass is 233 g/mol. The Morgan fingerprint density at radius 2 is 2.12 bits per heavy atom. The lowest BCUT2D eigenvalue weighted by Crippen LogP contribution is -2.25. The molecular weight excluding hydrogens is 214 g/mol. The van der Waals surface area contributed by atoms with Crippen molar-refractivity contribution in [2.45, 2.75) is 25.9 Å². The number of hydrogen-bond acceptors (Lipinski definition) is 3. The number of terminal acetylenes is 1. The molecule has 3 nitrogen and oxygen atoms in total. The van der Waals surface area contributed by atoms with Gasteiger partial charge < -0.3 is 14.8 Å². The molecule has 1 aromatic carbocycles. The summed E-state index contributed by atoms with van der Waals surface area (Å²) in [6.07, 6.45) is 5.98. The molecule has 1 aromatic rings. The van der Waals surface area contributed by atoms with E-state index in [1.165, 1.54) is 0 Å². The summed E-state index contributed by atoms with van der Waals surface area (Å²) in [4.78, 5) is 0. The van der Waals surface area contributed by atoms with Crippen molar-refractivity contribution in [3.8, 4) is 23.8 Å². The summed E-state index contributed by atoms with van der Waals surface area (Å²) >= 11 is 0. The zero-order valence-electron chi connectivity index (χ0n) is 10.6. The van der Waals surface area contributed by atoms with E-state index in [-0.39, 0.29) is 0 Å². The molecule has 0 aliphatic heterocycles. The fourth-order valence-electron chi connectivity index (χ4n) is 1.53. The van der Waals surface area contributed by atoms with Crippen molar-refractivity contribution in [2.24, 2.45) is 0 Å². The van der Waals surface area contributed by atoms with Crippen LogP contribution in [0.4, 0.5) is 0 Å². The van der Waals surface area contributed by atoms with Crippen molar-refractivity contribution in [1.82, 2.24) is 5.32 Å². The Hall–Kier alpha value is -1.66. The molecular formula is C14H19NO2. The molecule has 0 aliphatic rings. The van der Waals surface area contributed by atoms with Gasteiger partial charge in [0.15, 0.2) is 0 Å². The second-order valence-electron chi connectivity index (χ2n) is 3.87. The molecule has 1 rings (SSSR count). The van der Waals surface area contributed by atoms with Crippen LogP contribution >= 0.6 is 0 Å². The maximum Gasteiger partial charge on any atom is 0.127 e. The van der Waals surface area contributed by atoms with Gasteiger partial charge in [-0.1, -0.05) is 6.07 Å². The van der Waals surface area contributed by atoms with E-state index in [1.807, 2.05) is 18.2 Å². The minimum atomic E-state index is 0.298. The lowest BCUT2D eigenvalue weighted by atomic mass is 10.1. The maximum absolute atomic E-state index is 5.32. The SMILES string of the molecule is C#CCC(C)NCc1ccc(OC)cc1OC. The Balaban J connectivity index is 2.67. The van der Waals surface area contributed by atoms with E-state index >= 15 is 0 Å². The zero-order valence-corrected chi connectivity index (χ0v) is 10.6. The molecule has 0 bridgehead atoms. The van der Waals surface area contributed by atoms with Gasteiger partial charge in [-0.3, -0.25) is 0 Å². The maximum atomic E-state index is 5.32. The molecule has 0 aromatic heterocycles. The lowest BCUT2D eigenvalue weighted by Gasteiger charge is -2.14. The van der Waals surface area contributed by atoms with Crippen molar-refractivity contribution in [2.75, 3.05) is 14.2 Å². The quantitative estimate of drug-likeness (QED) is 0.764. The molecule has 92 valence electrons. The number of ether oxygens (including phenoxy) is 2. The predicted molar refractivity (Wildman–Crippen MR) is 69.3 cm³/mol. The summed E-state index contributed by atoms with van der Waals surface area (Å²) in [6.45, 7) is 2.80. The number of rotatable bonds is 6. The number of methoxy groups -OCH3 is 2. The van der Waals surface area contributed by atoms with Crippen molar-refractivity contribution in [3.05, 3.63) is 23.8 Å². The van der Waals surface area contributed by atoms with Gasteiger partial charge >= 0.3 is 0 Å². The standard InChI is InChI=1S/C14H19NO2/c1-5-6-11(2)15-10-12-7-8-13(16-3)9-14(12)17-4/h1,7-9,11,15H,6,10H2,2-4H3. The van der Waals surface area contributed by atoms with E-state index in [1.54, 1.807) is 14.2 Å². The van der Waals surface area contributed by atoms with Gasteiger partial charge in [-0.05, 0) is 13.0 Å². The average Bonchev–Trinajstić information content (AvgIpc) is 2.36. The van der Waals surface area contributed by atoms with Crippen molar-refractivity contribution < 1.29 is 9.47 Å². The van der Waals surface area contributed by atoms with E-state index in [9.17, 15) is 0 Å². The highest BCUT2D eigenvalue weighted by Crippen LogP contribution is 2.24. The van der Waals surface area contributed by atoms with Crippen LogP contribution in [0.25, 0.3) is 0 Å². The minimum absolute atomic E-state index is 0.298. The average molecular weight is 233 g/mol. The summed E-state index contributed by atoms with van der Waals surface area (Å²) in [5, 5.41) is 3.35. The molecule has 0 aliphatic carbocycles. The summed E-state index contributed by atoms with van der Waals surface area (Å²) < 4.78 is 10.5. The van der Waals surface area contributed by atoms with Gasteiger partial charge in [-0.2, -0.15) is 0 Å². The van der Waals surface area contributed by atoms with Gasteiger partial charge in [0.1, 0.15) is 11.5 Å². The van der Waals surface area contributed by atoms with Crippen LogP contribution in [0.3, 0.4) is 0 Å². The summed E-state index contributed by atoms with van der Waals surface area (Å²) in [5.74, 6) is 4.25. The highest BCUT2D eigenvalue weighted by atomic mass is 16.5. The Morgan fingerprint density at radius 1 is 1.35 bits per heavy atom. The first-order chi connectivity index (χ1) is 8.21. The van der Waals surface area contributed by atoms with Crippen molar-refractivity contribution in [1.29, 1.82) is 0 Å². The number of hydrogen-bond donors (Lipinski definition) is 1. The minimum Gasteiger partial charge on any atom is -0.497 e. The molecule has 0 heterocycles. The molecule has 0 amide bonds. The Kier molecular flexibility index (Phi) is 5.38. The fraction of sp³-hybridized carbons (Fsp3) is 0.429. The van der Waals surface area contributed by atoms with Crippen LogP contribution in [-0.2, 0) is 6.54 Å². The third-order valence-corrected chi connectivity index (χ3v) is 2.56. The second-order valence-corrected chi connectivity index (χ2v) is 3.87. The molecule has 0 saturated carbocycles. The molecule has 17 heavy (non-hydrogen) atoms. The molecule has 3 heteroatoms. The van der Waals surface area contributed by atoms with Gasteiger partial charge in [-0.15, -0.1) is 12.3 Å². The first kappa shape index (κ1) is 13.4. The highest BCUT2D eigenvalue weighted by Gasteiger charge is 2.06. The Labute approximate surface area is 103 Å². The Bertz CT molecular complexity index is 396. The van der Waals surface area contributed by atoms with Crippen LogP contribution in [0.2, 0.25) is 0 Å². The largest absolute Gasteiger partial charge is 0.497 e. The third-order valence-electron chi connectivity index (χ3n) is 2.56. The molecule has 1 atom stereocenters. The van der Waals surface area contributed by atoms with Crippen LogP contribution < -0.4 is 14.8 Å². The predicted octanol–water partition coefficient (Wildman–Crippen LogP) is 2.21. The van der Waals surface area contributed by atoms with Gasteiger partial charge in [0.2, 0.25) is 0 Å². The number of benzene rings is 1. The van der Waals surface area contributed by atoms with Crippen molar-refractivity contribution >= 4 is 0 Å². The normalized spacial score (nSPS) is 11.6. The van der Waals surface area contributed by atoms with Crippen LogP contribution in [0.15, 0.2) is 18.2 Å².